The molecule has 1 aromatic carbocycles. The summed E-state index contributed by atoms with van der Waals surface area (Å²) in [6, 6.07) is 6.83. The van der Waals surface area contributed by atoms with Crippen LogP contribution in [0.15, 0.2) is 30.5 Å². The number of hydrogen-bond acceptors (Lipinski definition) is 2. The fraction of sp³-hybridized carbons (Fsp3) is 0.474. The van der Waals surface area contributed by atoms with Gasteiger partial charge in [0.25, 0.3) is 0 Å². The number of carbonyl (C=O) groups is 1. The van der Waals surface area contributed by atoms with E-state index in [1.165, 1.54) is 11.6 Å². The van der Waals surface area contributed by atoms with Gasteiger partial charge in [-0.25, -0.2) is 4.39 Å². The van der Waals surface area contributed by atoms with Crippen LogP contribution in [-0.4, -0.2) is 16.1 Å². The summed E-state index contributed by atoms with van der Waals surface area (Å²) in [5.74, 6) is 1.15. The van der Waals surface area contributed by atoms with Crippen LogP contribution in [0.4, 0.5) is 4.39 Å². The van der Waals surface area contributed by atoms with E-state index in [4.69, 9.17) is 5.11 Å². The largest absolute Gasteiger partial charge is 0.481 e. The second kappa shape index (κ2) is 5.59. The minimum atomic E-state index is -0.679. The Morgan fingerprint density at radius 1 is 1.17 bits per heavy atom. The molecule has 1 heterocycles. The van der Waals surface area contributed by atoms with Crippen molar-refractivity contribution in [3.05, 3.63) is 41.8 Å². The Morgan fingerprint density at radius 2 is 1.91 bits per heavy atom. The zero-order valence-electron chi connectivity index (χ0n) is 12.9. The molecule has 3 nitrogen and oxygen atoms in total. The van der Waals surface area contributed by atoms with Crippen molar-refractivity contribution in [1.29, 1.82) is 0 Å². The van der Waals surface area contributed by atoms with Gasteiger partial charge in [-0.3, -0.25) is 9.78 Å². The van der Waals surface area contributed by atoms with Gasteiger partial charge in [0.05, 0.1) is 5.52 Å². The number of carboxylic acid groups (broad SMARTS) is 1. The molecule has 1 unspecified atom stereocenters. The van der Waals surface area contributed by atoms with E-state index in [-0.39, 0.29) is 5.82 Å². The molecular weight excluding hydrogens is 293 g/mol. The number of nitrogens with zero attached hydrogens (tertiary/aromatic N) is 1. The predicted molar refractivity (Wildman–Crippen MR) is 85.6 cm³/mol. The number of aromatic nitrogens is 1. The van der Waals surface area contributed by atoms with Crippen molar-refractivity contribution < 1.29 is 14.3 Å². The second-order valence-corrected chi connectivity index (χ2v) is 7.19. The molecule has 0 bridgehead atoms. The molecule has 0 radical (unpaired) electrons. The quantitative estimate of drug-likeness (QED) is 0.915. The summed E-state index contributed by atoms with van der Waals surface area (Å²) in [5.41, 5.74) is 2.06. The first-order valence-corrected chi connectivity index (χ1v) is 8.36. The highest BCUT2D eigenvalue weighted by Gasteiger charge is 2.42. The van der Waals surface area contributed by atoms with E-state index in [2.05, 4.69) is 4.98 Å². The standard InChI is InChI=1S/C19H20FNO2/c20-15-1-2-18-17(10-15)16(3-4-21-18)14-8-12-5-11(7-19(22)23)6-13(12)9-14/h1-4,10-14H,5-9H2,(H,22,23)/t11-,12-,13?,14+/m0/s1. The van der Waals surface area contributed by atoms with Crippen LogP contribution in [0, 0.1) is 23.6 Å². The average molecular weight is 313 g/mol. The molecule has 2 aliphatic carbocycles. The summed E-state index contributed by atoms with van der Waals surface area (Å²) < 4.78 is 13.6. The lowest BCUT2D eigenvalue weighted by Crippen LogP contribution is -2.06. The maximum absolute atomic E-state index is 13.6. The molecule has 0 aliphatic heterocycles. The van der Waals surface area contributed by atoms with Gasteiger partial charge in [0.2, 0.25) is 0 Å². The van der Waals surface area contributed by atoms with Crippen LogP contribution in [0.1, 0.15) is 43.6 Å². The summed E-state index contributed by atoms with van der Waals surface area (Å²) in [4.78, 5) is 15.2. The van der Waals surface area contributed by atoms with Crippen LogP contribution in [0.3, 0.4) is 0 Å². The van der Waals surface area contributed by atoms with Crippen LogP contribution in [0.25, 0.3) is 10.9 Å². The highest BCUT2D eigenvalue weighted by molar-refractivity contribution is 5.82. The molecule has 4 atom stereocenters. The molecule has 4 heteroatoms. The van der Waals surface area contributed by atoms with E-state index in [9.17, 15) is 9.18 Å². The van der Waals surface area contributed by atoms with Crippen molar-refractivity contribution >= 4 is 16.9 Å². The van der Waals surface area contributed by atoms with Crippen LogP contribution in [0.2, 0.25) is 0 Å². The van der Waals surface area contributed by atoms with Crippen molar-refractivity contribution in [2.24, 2.45) is 17.8 Å². The highest BCUT2D eigenvalue weighted by Crippen LogP contribution is 2.53. The zero-order chi connectivity index (χ0) is 16.0. The second-order valence-electron chi connectivity index (χ2n) is 7.19. The summed E-state index contributed by atoms with van der Waals surface area (Å²) in [7, 11) is 0. The molecule has 4 rings (SSSR count). The zero-order valence-corrected chi connectivity index (χ0v) is 12.9. The number of hydrogen-bond donors (Lipinski definition) is 1. The van der Waals surface area contributed by atoms with Gasteiger partial charge < -0.3 is 5.11 Å². The van der Waals surface area contributed by atoms with Crippen LogP contribution >= 0.6 is 0 Å². The first-order valence-electron chi connectivity index (χ1n) is 8.36. The van der Waals surface area contributed by atoms with Crippen molar-refractivity contribution in [2.45, 2.75) is 38.0 Å². The number of rotatable bonds is 3. The molecule has 23 heavy (non-hydrogen) atoms. The molecule has 2 aliphatic rings. The van der Waals surface area contributed by atoms with Crippen LogP contribution in [0.5, 0.6) is 0 Å². The molecule has 0 spiro atoms. The highest BCUT2D eigenvalue weighted by atomic mass is 19.1. The van der Waals surface area contributed by atoms with E-state index < -0.39 is 5.97 Å². The molecule has 1 aromatic heterocycles. The third-order valence-electron chi connectivity index (χ3n) is 5.75. The molecule has 2 aromatic rings. The minimum Gasteiger partial charge on any atom is -0.481 e. The molecule has 0 amide bonds. The van der Waals surface area contributed by atoms with Crippen LogP contribution in [-0.2, 0) is 4.79 Å². The molecule has 0 saturated heterocycles. The molecule has 1 N–H and O–H groups in total. The lowest BCUT2D eigenvalue weighted by atomic mass is 9.90. The lowest BCUT2D eigenvalue weighted by molar-refractivity contribution is -0.138. The van der Waals surface area contributed by atoms with E-state index >= 15 is 0 Å². The predicted octanol–water partition coefficient (Wildman–Crippen LogP) is 4.37. The Labute approximate surface area is 134 Å². The number of carboxylic acids is 1. The molecule has 2 fully saturated rings. The molecule has 120 valence electrons. The normalized spacial score (nSPS) is 29.8. The summed E-state index contributed by atoms with van der Waals surface area (Å²) in [6.07, 6.45) is 6.38. The minimum absolute atomic E-state index is 0.216. The van der Waals surface area contributed by atoms with Crippen LogP contribution < -0.4 is 0 Å². The third kappa shape index (κ3) is 2.71. The third-order valence-corrected chi connectivity index (χ3v) is 5.75. The summed E-state index contributed by atoms with van der Waals surface area (Å²) in [5, 5.41) is 9.90. The van der Waals surface area contributed by atoms with Crippen molar-refractivity contribution in [3.63, 3.8) is 0 Å². The first-order chi connectivity index (χ1) is 11.1. The number of aliphatic carboxylic acids is 1. The Balaban J connectivity index is 1.56. The van der Waals surface area contributed by atoms with Crippen molar-refractivity contribution in [3.8, 4) is 0 Å². The fourth-order valence-corrected chi connectivity index (χ4v) is 4.91. The molecule has 2 saturated carbocycles. The Kier molecular flexibility index (Phi) is 3.55. The first kappa shape index (κ1) is 14.6. The van der Waals surface area contributed by atoms with Gasteiger partial charge in [-0.2, -0.15) is 0 Å². The van der Waals surface area contributed by atoms with Gasteiger partial charge in [-0.05, 0) is 79.2 Å². The van der Waals surface area contributed by atoms with Gasteiger partial charge in [-0.1, -0.05) is 0 Å². The average Bonchev–Trinajstić information content (AvgIpc) is 3.04. The lowest BCUT2D eigenvalue weighted by Gasteiger charge is -2.16. The van der Waals surface area contributed by atoms with Gasteiger partial charge in [0.1, 0.15) is 5.82 Å². The summed E-state index contributed by atoms with van der Waals surface area (Å²) >= 11 is 0. The number of halogens is 1. The monoisotopic (exact) mass is 313 g/mol. The van der Waals surface area contributed by atoms with Crippen molar-refractivity contribution in [1.82, 2.24) is 4.98 Å². The smallest absolute Gasteiger partial charge is 0.303 e. The van der Waals surface area contributed by atoms with E-state index in [0.717, 1.165) is 36.6 Å². The number of pyridine rings is 1. The maximum atomic E-state index is 13.6. The van der Waals surface area contributed by atoms with Gasteiger partial charge in [0, 0.05) is 18.0 Å². The topological polar surface area (TPSA) is 50.2 Å². The fourth-order valence-electron chi connectivity index (χ4n) is 4.91. The number of benzene rings is 1. The van der Waals surface area contributed by atoms with Gasteiger partial charge >= 0.3 is 5.97 Å². The summed E-state index contributed by atoms with van der Waals surface area (Å²) in [6.45, 7) is 0. The van der Waals surface area contributed by atoms with Crippen molar-refractivity contribution in [2.75, 3.05) is 0 Å². The number of fused-ring (bicyclic) bond motifs is 2. The Morgan fingerprint density at radius 3 is 2.61 bits per heavy atom. The molecular formula is C19H20FNO2. The van der Waals surface area contributed by atoms with Gasteiger partial charge in [0.15, 0.2) is 0 Å². The Hall–Kier alpha value is -1.97. The SMILES string of the molecule is O=C(O)C[C@@H]1CC2C[C@H](c3ccnc4ccc(F)cc34)C[C@@H]2C1. The Bertz CT molecular complexity index is 746. The van der Waals surface area contributed by atoms with E-state index in [0.29, 0.717) is 30.1 Å². The van der Waals surface area contributed by atoms with E-state index in [1.54, 1.807) is 12.1 Å². The van der Waals surface area contributed by atoms with E-state index in [1.807, 2.05) is 12.3 Å². The maximum Gasteiger partial charge on any atom is 0.303 e. The van der Waals surface area contributed by atoms with Gasteiger partial charge in [-0.15, -0.1) is 0 Å².